The van der Waals surface area contributed by atoms with E-state index in [1.165, 1.54) is 20.8 Å². The lowest BCUT2D eigenvalue weighted by molar-refractivity contribution is -0.118. The van der Waals surface area contributed by atoms with Crippen LogP contribution in [-0.2, 0) is 31.2 Å². The number of hydrogen-bond acceptors (Lipinski definition) is 5. The summed E-state index contributed by atoms with van der Waals surface area (Å²) in [5, 5.41) is 0.565. The zero-order valence-electron chi connectivity index (χ0n) is 19.9. The second-order valence-electron chi connectivity index (χ2n) is 9.94. The Balaban J connectivity index is 1.73. The molecular weight excluding hydrogens is 498 g/mol. The molecule has 0 bridgehead atoms. The highest BCUT2D eigenvalue weighted by Crippen LogP contribution is 2.53. The van der Waals surface area contributed by atoms with Crippen molar-refractivity contribution in [3.05, 3.63) is 64.2 Å². The van der Waals surface area contributed by atoms with Crippen LogP contribution in [0.1, 0.15) is 44.7 Å². The van der Waals surface area contributed by atoms with Gasteiger partial charge in [0.1, 0.15) is 16.3 Å². The summed E-state index contributed by atoms with van der Waals surface area (Å²) in [5.41, 5.74) is 0.196. The molecule has 0 saturated carbocycles. The summed E-state index contributed by atoms with van der Waals surface area (Å²) in [6.07, 6.45) is 0.335. The second kappa shape index (κ2) is 9.45. The van der Waals surface area contributed by atoms with E-state index in [-0.39, 0.29) is 36.7 Å². The van der Waals surface area contributed by atoms with Gasteiger partial charge in [0.25, 0.3) is 0 Å². The Morgan fingerprint density at radius 3 is 2.46 bits per heavy atom. The predicted molar refractivity (Wildman–Crippen MR) is 130 cm³/mol. The van der Waals surface area contributed by atoms with Gasteiger partial charge in [-0.25, -0.2) is 17.2 Å². The largest absolute Gasteiger partial charge is 0.490 e. The first kappa shape index (κ1) is 26.0. The molecule has 0 aliphatic carbocycles. The summed E-state index contributed by atoms with van der Waals surface area (Å²) in [7, 11) is -3.77. The van der Waals surface area contributed by atoms with Crippen LogP contribution in [0.2, 0.25) is 5.02 Å². The van der Waals surface area contributed by atoms with Gasteiger partial charge >= 0.3 is 0 Å². The fourth-order valence-electron chi connectivity index (χ4n) is 5.24. The van der Waals surface area contributed by atoms with Gasteiger partial charge < -0.3 is 9.47 Å². The van der Waals surface area contributed by atoms with Crippen LogP contribution in [0.25, 0.3) is 0 Å². The number of Topliss-reactive ketones (excluding diaryl/α,β-unsaturated/α-hetero) is 1. The maximum absolute atomic E-state index is 15.3. The highest BCUT2D eigenvalue weighted by Gasteiger charge is 2.54. The Kier molecular flexibility index (Phi) is 7.03. The van der Waals surface area contributed by atoms with Gasteiger partial charge in [0.2, 0.25) is 0 Å². The van der Waals surface area contributed by atoms with Crippen molar-refractivity contribution in [2.45, 2.75) is 56.3 Å². The van der Waals surface area contributed by atoms with Crippen molar-refractivity contribution in [1.29, 1.82) is 0 Å². The number of fused-ring (bicyclic) bond motifs is 3. The van der Waals surface area contributed by atoms with Gasteiger partial charge in [-0.15, -0.1) is 0 Å². The molecule has 1 saturated heterocycles. The summed E-state index contributed by atoms with van der Waals surface area (Å²) >= 11 is 6.05. The van der Waals surface area contributed by atoms with Crippen molar-refractivity contribution in [2.24, 2.45) is 5.92 Å². The Morgan fingerprint density at radius 1 is 1.14 bits per heavy atom. The summed E-state index contributed by atoms with van der Waals surface area (Å²) < 4.78 is 66.2. The molecular formula is C26H29ClF2O5S. The molecule has 190 valence electrons. The molecule has 0 spiro atoms. The lowest BCUT2D eigenvalue weighted by Crippen LogP contribution is -2.55. The van der Waals surface area contributed by atoms with E-state index in [0.29, 0.717) is 17.9 Å². The fourth-order valence-corrected chi connectivity index (χ4v) is 6.86. The van der Waals surface area contributed by atoms with Gasteiger partial charge in [0, 0.05) is 28.5 Å². The third kappa shape index (κ3) is 4.60. The topological polar surface area (TPSA) is 69.7 Å². The van der Waals surface area contributed by atoms with E-state index in [1.54, 1.807) is 12.1 Å². The molecule has 0 unspecified atom stereocenters. The summed E-state index contributed by atoms with van der Waals surface area (Å²) in [6.45, 7) is 4.36. The first-order valence-electron chi connectivity index (χ1n) is 11.6. The highest BCUT2D eigenvalue weighted by atomic mass is 35.5. The van der Waals surface area contributed by atoms with E-state index in [1.807, 2.05) is 12.1 Å². The molecule has 35 heavy (non-hydrogen) atoms. The molecule has 5 nitrogen and oxygen atoms in total. The number of benzene rings is 2. The Hall–Kier alpha value is -2.03. The van der Waals surface area contributed by atoms with Crippen LogP contribution in [0.4, 0.5) is 8.78 Å². The Morgan fingerprint density at radius 2 is 1.80 bits per heavy atom. The van der Waals surface area contributed by atoms with E-state index >= 15 is 4.39 Å². The number of rotatable bonds is 7. The molecule has 0 radical (unpaired) electrons. The number of hydrogen-bond donors (Lipinski definition) is 0. The van der Waals surface area contributed by atoms with Gasteiger partial charge in [-0.2, -0.15) is 0 Å². The maximum atomic E-state index is 15.3. The lowest BCUT2D eigenvalue weighted by atomic mass is 9.60. The van der Waals surface area contributed by atoms with Gasteiger partial charge in [0.05, 0.1) is 18.5 Å². The molecule has 0 aromatic heterocycles. The number of carbonyl (C=O) groups is 1. The van der Waals surface area contributed by atoms with Crippen molar-refractivity contribution in [1.82, 2.24) is 0 Å². The molecule has 2 aromatic carbocycles. The Bertz CT molecular complexity index is 1230. The minimum absolute atomic E-state index is 0.0573. The van der Waals surface area contributed by atoms with Crippen molar-refractivity contribution < 1.29 is 31.5 Å². The zero-order valence-corrected chi connectivity index (χ0v) is 21.5. The van der Waals surface area contributed by atoms with Crippen molar-refractivity contribution in [2.75, 3.05) is 19.0 Å². The monoisotopic (exact) mass is 526 g/mol. The van der Waals surface area contributed by atoms with Gasteiger partial charge in [-0.3, -0.25) is 4.79 Å². The van der Waals surface area contributed by atoms with Crippen LogP contribution in [-0.4, -0.2) is 44.0 Å². The molecule has 0 amide bonds. The molecule has 2 heterocycles. The zero-order chi connectivity index (χ0) is 25.6. The van der Waals surface area contributed by atoms with Crippen LogP contribution < -0.4 is 4.74 Å². The van der Waals surface area contributed by atoms with E-state index in [0.717, 1.165) is 17.7 Å². The van der Waals surface area contributed by atoms with Gasteiger partial charge in [0.15, 0.2) is 21.4 Å². The number of sulfone groups is 1. The van der Waals surface area contributed by atoms with E-state index < -0.39 is 49.4 Å². The van der Waals surface area contributed by atoms with Crippen molar-refractivity contribution in [3.8, 4) is 5.75 Å². The van der Waals surface area contributed by atoms with Crippen LogP contribution in [0, 0.1) is 17.6 Å². The molecule has 3 atom stereocenters. The smallest absolute Gasteiger partial charge is 0.165 e. The van der Waals surface area contributed by atoms with Crippen molar-refractivity contribution >= 4 is 27.2 Å². The third-order valence-electron chi connectivity index (χ3n) is 7.73. The SMILES string of the molecule is CC(=O)C(C)(C)S(=O)(=O)CC[C@@H]1OCC[C@@]2(Cc3ccc(Cl)cc3)c3c(F)ccc(F)c3OC[C@@H]12. The highest BCUT2D eigenvalue weighted by molar-refractivity contribution is 7.93. The van der Waals surface area contributed by atoms with Crippen molar-refractivity contribution in [3.63, 3.8) is 0 Å². The normalized spacial score (nSPS) is 24.3. The molecule has 2 aliphatic heterocycles. The molecule has 1 fully saturated rings. The fraction of sp³-hybridized carbons (Fsp3) is 0.500. The number of carbonyl (C=O) groups excluding carboxylic acids is 1. The average Bonchev–Trinajstić information content (AvgIpc) is 2.80. The first-order valence-corrected chi connectivity index (χ1v) is 13.6. The van der Waals surface area contributed by atoms with E-state index in [9.17, 15) is 17.6 Å². The molecule has 2 aromatic rings. The summed E-state index contributed by atoms with van der Waals surface area (Å²) in [5.74, 6) is -2.43. The van der Waals surface area contributed by atoms with Crippen LogP contribution in [0.5, 0.6) is 5.75 Å². The van der Waals surface area contributed by atoms with Gasteiger partial charge in [-0.05, 0) is 69.9 Å². The molecule has 0 N–H and O–H groups in total. The average molecular weight is 527 g/mol. The maximum Gasteiger partial charge on any atom is 0.165 e. The Labute approximate surface area is 209 Å². The van der Waals surface area contributed by atoms with E-state index in [4.69, 9.17) is 21.1 Å². The first-order chi connectivity index (χ1) is 16.4. The minimum atomic E-state index is -3.77. The molecule has 4 rings (SSSR count). The third-order valence-corrected chi connectivity index (χ3v) is 10.6. The minimum Gasteiger partial charge on any atom is -0.490 e. The number of ketones is 1. The summed E-state index contributed by atoms with van der Waals surface area (Å²) in [4.78, 5) is 12.0. The second-order valence-corrected chi connectivity index (χ2v) is 13.0. The number of ether oxygens (including phenoxy) is 2. The van der Waals surface area contributed by atoms with Gasteiger partial charge in [-0.1, -0.05) is 23.7 Å². The number of halogens is 3. The predicted octanol–water partition coefficient (Wildman–Crippen LogP) is 5.07. The molecule has 2 aliphatic rings. The summed E-state index contributed by atoms with van der Waals surface area (Å²) in [6, 6.07) is 9.36. The lowest BCUT2D eigenvalue weighted by Gasteiger charge is -2.51. The standard InChI is InChI=1S/C26H29ClF2O5S/c1-16(30)25(2,3)35(31,32)13-10-22-19-15-34-24-21(29)9-8-20(28)23(24)26(19,11-12-33-22)14-17-4-6-18(27)7-5-17/h4-9,19,22H,10-15H2,1-3H3/t19-,22-,26-/m0/s1. The quantitative estimate of drug-likeness (QED) is 0.504. The van der Waals surface area contributed by atoms with Crippen LogP contribution in [0.3, 0.4) is 0 Å². The molecule has 9 heteroatoms. The van der Waals surface area contributed by atoms with Crippen LogP contribution >= 0.6 is 11.6 Å². The van der Waals surface area contributed by atoms with E-state index in [2.05, 4.69) is 0 Å². The van der Waals surface area contributed by atoms with Crippen LogP contribution in [0.15, 0.2) is 36.4 Å².